The molecule has 2 amide bonds. The quantitative estimate of drug-likeness (QED) is 0.375. The molecule has 0 saturated carbocycles. The van der Waals surface area contributed by atoms with Gasteiger partial charge in [-0.1, -0.05) is 40.7 Å². The number of methoxy groups -OCH3 is 1. The number of amides is 2. The predicted octanol–water partition coefficient (Wildman–Crippen LogP) is 2.85. The monoisotopic (exact) mass is 553 g/mol. The molecule has 3 aromatic heterocycles. The minimum atomic E-state index is -1.02. The second kappa shape index (κ2) is 11.8. The van der Waals surface area contributed by atoms with E-state index in [9.17, 15) is 19.2 Å². The normalized spacial score (nSPS) is 12.6. The Bertz CT molecular complexity index is 1440. The smallest absolute Gasteiger partial charge is 0.411 e. The molecule has 0 aromatic carbocycles. The number of nitrogens with zero attached hydrogens (tertiary/aromatic N) is 5. The number of hydrogen-bond acceptors (Lipinski definition) is 10. The molecule has 2 N–H and O–H groups in total. The molecular formula is C27H35N7O6. The summed E-state index contributed by atoms with van der Waals surface area (Å²) in [5.41, 5.74) is -1.49. The van der Waals surface area contributed by atoms with Gasteiger partial charge in [0.25, 0.3) is 11.4 Å². The first-order valence-corrected chi connectivity index (χ1v) is 12.7. The van der Waals surface area contributed by atoms with E-state index in [2.05, 4.69) is 35.5 Å². The van der Waals surface area contributed by atoms with E-state index in [4.69, 9.17) is 4.42 Å². The third-order valence-corrected chi connectivity index (χ3v) is 6.18. The summed E-state index contributed by atoms with van der Waals surface area (Å²) in [5.74, 6) is -1.28. The second-order valence-electron chi connectivity index (χ2n) is 11.2. The maximum absolute atomic E-state index is 13.4. The zero-order valence-electron chi connectivity index (χ0n) is 23.9. The summed E-state index contributed by atoms with van der Waals surface area (Å²) in [4.78, 5) is 60.1. The maximum Gasteiger partial charge on any atom is 0.411 e. The van der Waals surface area contributed by atoms with E-state index < -0.39 is 46.8 Å². The number of aromatic nitrogens is 5. The van der Waals surface area contributed by atoms with Crippen LogP contribution in [0.5, 0.6) is 0 Å². The lowest BCUT2D eigenvalue weighted by molar-refractivity contribution is -0.122. The van der Waals surface area contributed by atoms with Gasteiger partial charge in [-0.15, -0.1) is 10.2 Å². The maximum atomic E-state index is 13.4. The molecular weight excluding hydrogens is 518 g/mol. The van der Waals surface area contributed by atoms with E-state index in [0.29, 0.717) is 11.5 Å². The summed E-state index contributed by atoms with van der Waals surface area (Å²) in [6, 6.07) is 4.43. The second-order valence-corrected chi connectivity index (χ2v) is 11.2. The highest BCUT2D eigenvalue weighted by atomic mass is 16.5. The number of carbonyl (C=O) groups is 3. The molecule has 40 heavy (non-hydrogen) atoms. The SMILES string of the molecule is COC(=O)Nc1cnc(C(C)(C)C)n(CC(=O)N[C@@H](C(=O)c2nnc(C(C)(C)c3ccccn3)o2)C(C)C)c1=O. The predicted molar refractivity (Wildman–Crippen MR) is 145 cm³/mol. The number of Topliss-reactive ketones (excluding diaryl/α,β-unsaturated/α-hetero) is 1. The van der Waals surface area contributed by atoms with Crippen molar-refractivity contribution in [2.45, 2.75) is 71.9 Å². The first-order valence-electron chi connectivity index (χ1n) is 12.7. The van der Waals surface area contributed by atoms with Crippen LogP contribution in [0.25, 0.3) is 0 Å². The van der Waals surface area contributed by atoms with Crippen molar-refractivity contribution in [1.29, 1.82) is 0 Å². The van der Waals surface area contributed by atoms with Crippen LogP contribution in [0.4, 0.5) is 10.5 Å². The van der Waals surface area contributed by atoms with Crippen LogP contribution in [0.3, 0.4) is 0 Å². The van der Waals surface area contributed by atoms with Crippen LogP contribution in [0.1, 0.15) is 76.6 Å². The molecule has 0 aliphatic carbocycles. The first-order chi connectivity index (χ1) is 18.7. The third kappa shape index (κ3) is 6.58. The van der Waals surface area contributed by atoms with Gasteiger partial charge in [-0.2, -0.15) is 0 Å². The zero-order chi connectivity index (χ0) is 29.8. The van der Waals surface area contributed by atoms with E-state index >= 15 is 0 Å². The fourth-order valence-electron chi connectivity index (χ4n) is 3.93. The van der Waals surface area contributed by atoms with E-state index in [1.807, 2.05) is 46.8 Å². The molecule has 0 radical (unpaired) electrons. The van der Waals surface area contributed by atoms with Crippen LogP contribution < -0.4 is 16.2 Å². The fourth-order valence-corrected chi connectivity index (χ4v) is 3.93. The first kappa shape index (κ1) is 30.1. The molecule has 3 rings (SSSR count). The Balaban J connectivity index is 1.86. The van der Waals surface area contributed by atoms with Gasteiger partial charge in [0, 0.05) is 11.6 Å². The molecule has 0 aliphatic rings. The van der Waals surface area contributed by atoms with E-state index in [-0.39, 0.29) is 23.4 Å². The van der Waals surface area contributed by atoms with Crippen molar-refractivity contribution in [1.82, 2.24) is 30.0 Å². The van der Waals surface area contributed by atoms with Gasteiger partial charge >= 0.3 is 6.09 Å². The topological polar surface area (TPSA) is 171 Å². The highest BCUT2D eigenvalue weighted by molar-refractivity contribution is 5.98. The standard InChI is InChI=1S/C27H35N7O6/c1-15(2)19(20(36)21-32-33-24(40-21)27(6,7)17-11-9-10-12-28-17)31-18(35)14-34-22(37)16(30-25(38)39-8)13-29-23(34)26(3,4)5/h9-13,15,19H,14H2,1-8H3,(H,30,38)(H,31,35)/t19-/m1/s1. The van der Waals surface area contributed by atoms with Crippen LogP contribution >= 0.6 is 0 Å². The lowest BCUT2D eigenvalue weighted by atomic mass is 9.89. The van der Waals surface area contributed by atoms with Crippen molar-refractivity contribution in [3.05, 3.63) is 64.2 Å². The van der Waals surface area contributed by atoms with Crippen LogP contribution in [-0.2, 0) is 26.9 Å². The Labute approximate surface area is 231 Å². The highest BCUT2D eigenvalue weighted by Crippen LogP contribution is 2.29. The fraction of sp³-hybridized carbons (Fsp3) is 0.481. The van der Waals surface area contributed by atoms with Crippen molar-refractivity contribution < 1.29 is 23.5 Å². The van der Waals surface area contributed by atoms with Gasteiger partial charge in [0.05, 0.1) is 30.5 Å². The van der Waals surface area contributed by atoms with Crippen LogP contribution in [0.15, 0.2) is 39.8 Å². The Kier molecular flexibility index (Phi) is 8.86. The van der Waals surface area contributed by atoms with Gasteiger partial charge in [-0.3, -0.25) is 29.3 Å². The molecule has 3 aromatic rings. The van der Waals surface area contributed by atoms with Gasteiger partial charge in [-0.25, -0.2) is 9.78 Å². The van der Waals surface area contributed by atoms with Gasteiger partial charge in [0.2, 0.25) is 17.6 Å². The number of nitrogens with one attached hydrogen (secondary N) is 2. The minimum Gasteiger partial charge on any atom is -0.453 e. The van der Waals surface area contributed by atoms with Crippen molar-refractivity contribution in [3.63, 3.8) is 0 Å². The summed E-state index contributed by atoms with van der Waals surface area (Å²) in [7, 11) is 1.16. The molecule has 0 aliphatic heterocycles. The van der Waals surface area contributed by atoms with Gasteiger partial charge in [0.1, 0.15) is 18.1 Å². The number of carbonyl (C=O) groups excluding carboxylic acids is 3. The minimum absolute atomic E-state index is 0.155. The average Bonchev–Trinajstić information content (AvgIpc) is 3.40. The molecule has 1 atom stereocenters. The Morgan fingerprint density at radius 1 is 1.07 bits per heavy atom. The summed E-state index contributed by atoms with van der Waals surface area (Å²) in [6.07, 6.45) is 2.01. The van der Waals surface area contributed by atoms with Gasteiger partial charge in [-0.05, 0) is 31.9 Å². The number of rotatable bonds is 9. The summed E-state index contributed by atoms with van der Waals surface area (Å²) in [6.45, 7) is 12.2. The lowest BCUT2D eigenvalue weighted by Gasteiger charge is -2.24. The number of ketones is 1. The van der Waals surface area contributed by atoms with Crippen LogP contribution in [0.2, 0.25) is 0 Å². The lowest BCUT2D eigenvalue weighted by Crippen LogP contribution is -2.47. The molecule has 214 valence electrons. The van der Waals surface area contributed by atoms with Crippen LogP contribution in [-0.4, -0.2) is 55.7 Å². The Morgan fingerprint density at radius 2 is 1.77 bits per heavy atom. The van der Waals surface area contributed by atoms with Crippen LogP contribution in [0, 0.1) is 5.92 Å². The van der Waals surface area contributed by atoms with Crippen molar-refractivity contribution in [2.24, 2.45) is 5.92 Å². The van der Waals surface area contributed by atoms with Gasteiger partial charge in [0.15, 0.2) is 0 Å². The molecule has 0 fully saturated rings. The summed E-state index contributed by atoms with van der Waals surface area (Å²) < 4.78 is 11.5. The van der Waals surface area contributed by atoms with E-state index in [0.717, 1.165) is 11.7 Å². The summed E-state index contributed by atoms with van der Waals surface area (Å²) in [5, 5.41) is 13.0. The number of ether oxygens (including phenoxy) is 1. The Hall–Kier alpha value is -4.42. The molecule has 13 nitrogen and oxygen atoms in total. The molecule has 0 bridgehead atoms. The van der Waals surface area contributed by atoms with Crippen molar-refractivity contribution >= 4 is 23.5 Å². The third-order valence-electron chi connectivity index (χ3n) is 6.18. The molecule has 0 spiro atoms. The number of pyridine rings is 1. The largest absolute Gasteiger partial charge is 0.453 e. The highest BCUT2D eigenvalue weighted by Gasteiger charge is 2.35. The van der Waals surface area contributed by atoms with Gasteiger partial charge < -0.3 is 14.5 Å². The van der Waals surface area contributed by atoms with Crippen molar-refractivity contribution in [3.8, 4) is 0 Å². The van der Waals surface area contributed by atoms with E-state index in [1.54, 1.807) is 26.1 Å². The molecule has 3 heterocycles. The molecule has 0 saturated heterocycles. The number of hydrogen-bond donors (Lipinski definition) is 2. The van der Waals surface area contributed by atoms with Crippen molar-refractivity contribution in [2.75, 3.05) is 12.4 Å². The molecule has 13 heteroatoms. The number of anilines is 1. The summed E-state index contributed by atoms with van der Waals surface area (Å²) >= 11 is 0. The zero-order valence-corrected chi connectivity index (χ0v) is 23.9. The molecule has 0 unspecified atom stereocenters. The Morgan fingerprint density at radius 3 is 2.35 bits per heavy atom. The average molecular weight is 554 g/mol. The van der Waals surface area contributed by atoms with E-state index in [1.165, 1.54) is 6.20 Å².